The van der Waals surface area contributed by atoms with E-state index < -0.39 is 0 Å². The molecular formula is C13H16N4OS2. The van der Waals surface area contributed by atoms with Crippen LogP contribution in [0.2, 0.25) is 0 Å². The summed E-state index contributed by atoms with van der Waals surface area (Å²) in [6, 6.07) is 0. The number of nitrogens with one attached hydrogen (secondary N) is 1. The maximum absolute atomic E-state index is 5.41. The zero-order valence-corrected chi connectivity index (χ0v) is 13.1. The Kier molecular flexibility index (Phi) is 4.09. The number of nitrogens with zero attached hydrogens (tertiary/aromatic N) is 3. The molecule has 0 unspecified atom stereocenters. The Morgan fingerprint density at radius 1 is 1.45 bits per heavy atom. The van der Waals surface area contributed by atoms with Gasteiger partial charge in [0, 0.05) is 18.1 Å². The second-order valence-corrected chi connectivity index (χ2v) is 6.27. The molecular weight excluding hydrogens is 292 g/mol. The maximum Gasteiger partial charge on any atom is 0.262 e. The average Bonchev–Trinajstić information content (AvgIpc) is 3.09. The first kappa shape index (κ1) is 13.7. The van der Waals surface area contributed by atoms with Crippen LogP contribution in [0, 0.1) is 6.92 Å². The lowest BCUT2D eigenvalue weighted by molar-refractivity contribution is 0.453. The van der Waals surface area contributed by atoms with Crippen LogP contribution in [0.5, 0.6) is 0 Å². The smallest absolute Gasteiger partial charge is 0.262 e. The van der Waals surface area contributed by atoms with E-state index in [1.807, 2.05) is 6.92 Å². The van der Waals surface area contributed by atoms with Gasteiger partial charge in [0.25, 0.3) is 5.22 Å². The SMILES string of the molecule is CCCNCc1c(Sc2nc(C)co2)nc2sccn12. The highest BCUT2D eigenvalue weighted by atomic mass is 32.2. The predicted octanol–water partition coefficient (Wildman–Crippen LogP) is 3.34. The third-order valence-electron chi connectivity index (χ3n) is 2.83. The van der Waals surface area contributed by atoms with Crippen molar-refractivity contribution >= 4 is 28.1 Å². The van der Waals surface area contributed by atoms with Crippen LogP contribution in [0.25, 0.3) is 4.96 Å². The zero-order valence-electron chi connectivity index (χ0n) is 11.4. The minimum atomic E-state index is 0.644. The van der Waals surface area contributed by atoms with Gasteiger partial charge in [0.15, 0.2) is 4.96 Å². The largest absolute Gasteiger partial charge is 0.439 e. The van der Waals surface area contributed by atoms with E-state index in [2.05, 4.69) is 38.2 Å². The van der Waals surface area contributed by atoms with Crippen molar-refractivity contribution in [1.29, 1.82) is 0 Å². The molecule has 106 valence electrons. The van der Waals surface area contributed by atoms with Crippen molar-refractivity contribution < 1.29 is 4.42 Å². The highest BCUT2D eigenvalue weighted by Crippen LogP contribution is 2.31. The van der Waals surface area contributed by atoms with Crippen LogP contribution in [0.15, 0.2) is 32.5 Å². The molecule has 3 aromatic heterocycles. The molecule has 3 aromatic rings. The Balaban J connectivity index is 1.88. The van der Waals surface area contributed by atoms with Crippen LogP contribution in [-0.4, -0.2) is 20.9 Å². The van der Waals surface area contributed by atoms with Gasteiger partial charge in [0.2, 0.25) is 0 Å². The zero-order chi connectivity index (χ0) is 13.9. The normalized spacial score (nSPS) is 11.5. The quantitative estimate of drug-likeness (QED) is 0.708. The number of aromatic nitrogens is 3. The summed E-state index contributed by atoms with van der Waals surface area (Å²) in [5.41, 5.74) is 2.05. The lowest BCUT2D eigenvalue weighted by Crippen LogP contribution is -2.15. The van der Waals surface area contributed by atoms with Crippen molar-refractivity contribution in [2.45, 2.75) is 37.1 Å². The van der Waals surface area contributed by atoms with Crippen molar-refractivity contribution in [3.05, 3.63) is 29.2 Å². The molecule has 0 atom stereocenters. The molecule has 0 fully saturated rings. The maximum atomic E-state index is 5.41. The lowest BCUT2D eigenvalue weighted by Gasteiger charge is -2.04. The Morgan fingerprint density at radius 3 is 3.10 bits per heavy atom. The van der Waals surface area contributed by atoms with Crippen LogP contribution < -0.4 is 5.32 Å². The first-order valence-electron chi connectivity index (χ1n) is 6.53. The first-order valence-corrected chi connectivity index (χ1v) is 8.22. The molecule has 1 N–H and O–H groups in total. The van der Waals surface area contributed by atoms with Crippen molar-refractivity contribution in [3.63, 3.8) is 0 Å². The highest BCUT2D eigenvalue weighted by Gasteiger charge is 2.16. The Hall–Kier alpha value is -1.31. The van der Waals surface area contributed by atoms with Crippen molar-refractivity contribution in [1.82, 2.24) is 19.7 Å². The third kappa shape index (κ3) is 2.74. The number of thiazole rings is 1. The van der Waals surface area contributed by atoms with E-state index in [1.54, 1.807) is 17.6 Å². The molecule has 0 aliphatic heterocycles. The van der Waals surface area contributed by atoms with E-state index in [4.69, 9.17) is 4.42 Å². The highest BCUT2D eigenvalue weighted by molar-refractivity contribution is 7.99. The fourth-order valence-electron chi connectivity index (χ4n) is 1.90. The molecule has 0 amide bonds. The summed E-state index contributed by atoms with van der Waals surface area (Å²) in [4.78, 5) is 9.99. The molecule has 3 rings (SSSR count). The van der Waals surface area contributed by atoms with Gasteiger partial charge in [0.05, 0.1) is 11.4 Å². The molecule has 0 aliphatic rings. The number of rotatable bonds is 6. The van der Waals surface area contributed by atoms with E-state index in [1.165, 1.54) is 11.8 Å². The summed E-state index contributed by atoms with van der Waals surface area (Å²) >= 11 is 3.12. The Labute approximate surface area is 125 Å². The second kappa shape index (κ2) is 5.99. The monoisotopic (exact) mass is 308 g/mol. The van der Waals surface area contributed by atoms with Gasteiger partial charge in [-0.25, -0.2) is 9.97 Å². The Bertz CT molecular complexity index is 700. The fraction of sp³-hybridized carbons (Fsp3) is 0.385. The lowest BCUT2D eigenvalue weighted by atomic mass is 10.4. The topological polar surface area (TPSA) is 55.4 Å². The van der Waals surface area contributed by atoms with Crippen molar-refractivity contribution in [3.8, 4) is 0 Å². The molecule has 0 saturated carbocycles. The number of fused-ring (bicyclic) bond motifs is 1. The average molecular weight is 308 g/mol. The van der Waals surface area contributed by atoms with Gasteiger partial charge in [0.1, 0.15) is 11.3 Å². The predicted molar refractivity (Wildman–Crippen MR) is 80.4 cm³/mol. The summed E-state index contributed by atoms with van der Waals surface area (Å²) in [6.07, 6.45) is 4.84. The van der Waals surface area contributed by atoms with Crippen molar-refractivity contribution in [2.24, 2.45) is 0 Å². The van der Waals surface area contributed by atoms with Gasteiger partial charge >= 0.3 is 0 Å². The number of hydrogen-bond donors (Lipinski definition) is 1. The van der Waals surface area contributed by atoms with Crippen LogP contribution in [0.3, 0.4) is 0 Å². The molecule has 20 heavy (non-hydrogen) atoms. The van der Waals surface area contributed by atoms with Crippen LogP contribution in [0.4, 0.5) is 0 Å². The van der Waals surface area contributed by atoms with Gasteiger partial charge in [-0.05, 0) is 31.7 Å². The molecule has 0 spiro atoms. The molecule has 3 heterocycles. The van der Waals surface area contributed by atoms with Gasteiger partial charge in [-0.2, -0.15) is 0 Å². The van der Waals surface area contributed by atoms with E-state index in [-0.39, 0.29) is 0 Å². The standard InChI is InChI=1S/C13H16N4OS2/c1-3-4-14-7-10-11(16-12-17(10)5-6-19-12)20-13-15-9(2)8-18-13/h5-6,8,14H,3-4,7H2,1-2H3. The minimum absolute atomic E-state index is 0.644. The molecule has 0 aromatic carbocycles. The summed E-state index contributed by atoms with van der Waals surface area (Å²) in [5.74, 6) is 0. The van der Waals surface area contributed by atoms with Gasteiger partial charge in [-0.3, -0.25) is 4.40 Å². The van der Waals surface area contributed by atoms with Gasteiger partial charge in [-0.15, -0.1) is 11.3 Å². The number of oxazole rings is 1. The third-order valence-corrected chi connectivity index (χ3v) is 4.46. The van der Waals surface area contributed by atoms with E-state index in [0.29, 0.717) is 5.22 Å². The first-order chi connectivity index (χ1) is 9.78. The van der Waals surface area contributed by atoms with Gasteiger partial charge < -0.3 is 9.73 Å². The minimum Gasteiger partial charge on any atom is -0.439 e. The second-order valence-electron chi connectivity index (χ2n) is 4.45. The Morgan fingerprint density at radius 2 is 2.35 bits per heavy atom. The molecule has 5 nitrogen and oxygen atoms in total. The molecule has 0 radical (unpaired) electrons. The van der Waals surface area contributed by atoms with E-state index in [0.717, 1.165) is 40.9 Å². The van der Waals surface area contributed by atoms with E-state index in [9.17, 15) is 0 Å². The molecule has 0 saturated heterocycles. The number of hydrogen-bond acceptors (Lipinski definition) is 6. The number of aryl methyl sites for hydroxylation is 1. The summed E-state index contributed by atoms with van der Waals surface area (Å²) < 4.78 is 7.54. The summed E-state index contributed by atoms with van der Waals surface area (Å²) in [6.45, 7) is 5.88. The van der Waals surface area contributed by atoms with Crippen LogP contribution in [0.1, 0.15) is 24.7 Å². The van der Waals surface area contributed by atoms with Crippen LogP contribution in [-0.2, 0) is 6.54 Å². The van der Waals surface area contributed by atoms with E-state index >= 15 is 0 Å². The number of imidazole rings is 1. The molecule has 0 bridgehead atoms. The summed E-state index contributed by atoms with van der Waals surface area (Å²) in [5, 5.41) is 7.09. The van der Waals surface area contributed by atoms with Crippen LogP contribution >= 0.6 is 23.1 Å². The molecule has 0 aliphatic carbocycles. The summed E-state index contributed by atoms with van der Waals surface area (Å²) in [7, 11) is 0. The molecule has 7 heteroatoms. The fourth-order valence-corrected chi connectivity index (χ4v) is 3.56. The van der Waals surface area contributed by atoms with Crippen molar-refractivity contribution in [2.75, 3.05) is 6.54 Å². The van der Waals surface area contributed by atoms with Gasteiger partial charge in [-0.1, -0.05) is 6.92 Å².